The lowest BCUT2D eigenvalue weighted by molar-refractivity contribution is -0.119. The van der Waals surface area contributed by atoms with Crippen molar-refractivity contribution in [3.05, 3.63) is 64.1 Å². The summed E-state index contributed by atoms with van der Waals surface area (Å²) >= 11 is 17.1. The van der Waals surface area contributed by atoms with Crippen molar-refractivity contribution < 1.29 is 9.59 Å². The van der Waals surface area contributed by atoms with Crippen molar-refractivity contribution in [2.75, 3.05) is 10.6 Å². The molecule has 28 heavy (non-hydrogen) atoms. The van der Waals surface area contributed by atoms with Gasteiger partial charge in [-0.2, -0.15) is 0 Å². The first-order valence-electron chi connectivity index (χ1n) is 8.40. The van der Waals surface area contributed by atoms with Gasteiger partial charge in [-0.1, -0.05) is 49.2 Å². The summed E-state index contributed by atoms with van der Waals surface area (Å²) in [6, 6.07) is 12.0. The topological polar surface area (TPSA) is 70.2 Å². The predicted molar refractivity (Wildman–Crippen MR) is 120 cm³/mol. The molecule has 0 aromatic heterocycles. The van der Waals surface area contributed by atoms with Crippen molar-refractivity contribution in [2.45, 2.75) is 13.8 Å². The lowest BCUT2D eigenvalue weighted by atomic mass is 10.2. The fourth-order valence-electron chi connectivity index (χ4n) is 2.08. The normalized spacial score (nSPS) is 10.8. The Kier molecular flexibility index (Phi) is 7.99. The summed E-state index contributed by atoms with van der Waals surface area (Å²) in [5.74, 6) is -0.621. The summed E-state index contributed by atoms with van der Waals surface area (Å²) < 4.78 is 0. The second kappa shape index (κ2) is 10.2. The van der Waals surface area contributed by atoms with Crippen LogP contribution in [-0.2, 0) is 9.59 Å². The molecule has 8 heteroatoms. The van der Waals surface area contributed by atoms with Gasteiger partial charge in [0.1, 0.15) is 0 Å². The van der Waals surface area contributed by atoms with E-state index >= 15 is 0 Å². The highest BCUT2D eigenvalue weighted by molar-refractivity contribution is 7.80. The second-order valence-electron chi connectivity index (χ2n) is 6.17. The number of thiocarbonyl (C=S) groups is 1. The Morgan fingerprint density at radius 1 is 1.04 bits per heavy atom. The van der Waals surface area contributed by atoms with E-state index in [1.54, 1.807) is 48.5 Å². The van der Waals surface area contributed by atoms with Crippen LogP contribution in [0.2, 0.25) is 10.0 Å². The van der Waals surface area contributed by atoms with E-state index in [0.29, 0.717) is 27.0 Å². The third-order valence-corrected chi connectivity index (χ3v) is 4.29. The van der Waals surface area contributed by atoms with Crippen LogP contribution in [0.3, 0.4) is 0 Å². The van der Waals surface area contributed by atoms with Crippen LogP contribution in [0.15, 0.2) is 48.5 Å². The minimum absolute atomic E-state index is 0.0842. The first-order chi connectivity index (χ1) is 13.2. The third kappa shape index (κ3) is 6.96. The molecule has 2 aromatic rings. The van der Waals surface area contributed by atoms with Crippen molar-refractivity contribution in [1.29, 1.82) is 0 Å². The molecule has 5 nitrogen and oxygen atoms in total. The van der Waals surface area contributed by atoms with E-state index in [0.717, 1.165) is 0 Å². The molecule has 0 saturated heterocycles. The molecule has 0 unspecified atom stereocenters. The second-order valence-corrected chi connectivity index (χ2v) is 7.42. The van der Waals surface area contributed by atoms with E-state index in [2.05, 4.69) is 16.0 Å². The molecule has 3 N–H and O–H groups in total. The molecule has 2 aromatic carbocycles. The van der Waals surface area contributed by atoms with Crippen molar-refractivity contribution >= 4 is 69.8 Å². The van der Waals surface area contributed by atoms with E-state index in [1.165, 1.54) is 6.08 Å². The highest BCUT2D eigenvalue weighted by Gasteiger charge is 2.08. The first kappa shape index (κ1) is 21.9. The van der Waals surface area contributed by atoms with Gasteiger partial charge in [0.25, 0.3) is 0 Å². The summed E-state index contributed by atoms with van der Waals surface area (Å²) in [5.41, 5.74) is 1.93. The van der Waals surface area contributed by atoms with E-state index < -0.39 is 5.91 Å². The molecule has 0 spiro atoms. The molecule has 0 saturated carbocycles. The van der Waals surface area contributed by atoms with Gasteiger partial charge in [-0.25, -0.2) is 0 Å². The van der Waals surface area contributed by atoms with Gasteiger partial charge in [0, 0.05) is 33.4 Å². The zero-order valence-electron chi connectivity index (χ0n) is 15.3. The minimum Gasteiger partial charge on any atom is -0.332 e. The van der Waals surface area contributed by atoms with Crippen molar-refractivity contribution in [2.24, 2.45) is 5.92 Å². The van der Waals surface area contributed by atoms with Gasteiger partial charge < -0.3 is 10.6 Å². The number of carbonyl (C=O) groups is 2. The quantitative estimate of drug-likeness (QED) is 0.450. The molecule has 0 aliphatic rings. The molecular formula is C20H19Cl2N3O2S. The number of rotatable bonds is 5. The highest BCUT2D eigenvalue weighted by atomic mass is 35.5. The van der Waals surface area contributed by atoms with Crippen LogP contribution in [0.25, 0.3) is 6.08 Å². The number of benzene rings is 2. The molecule has 0 bridgehead atoms. The molecule has 0 radical (unpaired) electrons. The number of hydrogen-bond donors (Lipinski definition) is 3. The summed E-state index contributed by atoms with van der Waals surface area (Å²) in [6.07, 6.45) is 2.89. The maximum Gasteiger partial charge on any atom is 0.250 e. The standard InChI is InChI=1S/C20H19Cl2N3O2S/c1-12(2)19(27)23-15-4-3-5-16(11-15)24-20(28)25-18(26)9-7-13-6-8-14(21)10-17(13)22/h3-12H,1-2H3,(H,23,27)(H2,24,25,26,28)/b9-7+. The van der Waals surface area contributed by atoms with E-state index in [9.17, 15) is 9.59 Å². The Balaban J connectivity index is 1.93. The van der Waals surface area contributed by atoms with Crippen LogP contribution in [-0.4, -0.2) is 16.9 Å². The van der Waals surface area contributed by atoms with Crippen molar-refractivity contribution in [3.8, 4) is 0 Å². The number of hydrogen-bond acceptors (Lipinski definition) is 3. The minimum atomic E-state index is -0.409. The zero-order chi connectivity index (χ0) is 20.7. The van der Waals surface area contributed by atoms with Gasteiger partial charge in [-0.05, 0) is 54.2 Å². The largest absolute Gasteiger partial charge is 0.332 e. The fourth-order valence-corrected chi connectivity index (χ4v) is 2.77. The summed E-state index contributed by atoms with van der Waals surface area (Å²) in [4.78, 5) is 23.8. The lowest BCUT2D eigenvalue weighted by Gasteiger charge is -2.11. The van der Waals surface area contributed by atoms with Crippen LogP contribution in [0, 0.1) is 5.92 Å². The van der Waals surface area contributed by atoms with Gasteiger partial charge in [-0.15, -0.1) is 0 Å². The van der Waals surface area contributed by atoms with Gasteiger partial charge >= 0.3 is 0 Å². The van der Waals surface area contributed by atoms with Gasteiger partial charge in [0.2, 0.25) is 11.8 Å². The molecule has 0 heterocycles. The average Bonchev–Trinajstić information content (AvgIpc) is 2.61. The van der Waals surface area contributed by atoms with Gasteiger partial charge in [-0.3, -0.25) is 14.9 Å². The summed E-state index contributed by atoms with van der Waals surface area (Å²) in [6.45, 7) is 3.62. The highest BCUT2D eigenvalue weighted by Crippen LogP contribution is 2.22. The molecule has 0 fully saturated rings. The maximum atomic E-state index is 12.0. The average molecular weight is 436 g/mol. The summed E-state index contributed by atoms with van der Waals surface area (Å²) in [7, 11) is 0. The van der Waals surface area contributed by atoms with Crippen molar-refractivity contribution in [1.82, 2.24) is 5.32 Å². The molecule has 0 aliphatic heterocycles. The summed E-state index contributed by atoms with van der Waals surface area (Å²) in [5, 5.41) is 9.34. The van der Waals surface area contributed by atoms with E-state index in [4.69, 9.17) is 35.4 Å². The molecule has 2 amide bonds. The van der Waals surface area contributed by atoms with Crippen LogP contribution in [0.5, 0.6) is 0 Å². The fraction of sp³-hybridized carbons (Fsp3) is 0.150. The molecule has 0 aliphatic carbocycles. The predicted octanol–water partition coefficient (Wildman–Crippen LogP) is 5.11. The Morgan fingerprint density at radius 2 is 1.71 bits per heavy atom. The van der Waals surface area contributed by atoms with Crippen LogP contribution >= 0.6 is 35.4 Å². The number of anilines is 2. The smallest absolute Gasteiger partial charge is 0.250 e. The first-order valence-corrected chi connectivity index (χ1v) is 9.57. The maximum absolute atomic E-state index is 12.0. The van der Waals surface area contributed by atoms with E-state index in [1.807, 2.05) is 13.8 Å². The Bertz CT molecular complexity index is 929. The lowest BCUT2D eigenvalue weighted by Crippen LogP contribution is -2.32. The number of halogens is 2. The number of carbonyl (C=O) groups excluding carboxylic acids is 2. The SMILES string of the molecule is CC(C)C(=O)Nc1cccc(NC(=S)NC(=O)/C=C/c2ccc(Cl)cc2Cl)c1. The van der Waals surface area contributed by atoms with Crippen LogP contribution in [0.1, 0.15) is 19.4 Å². The van der Waals surface area contributed by atoms with Gasteiger partial charge in [0.05, 0.1) is 0 Å². The Labute approximate surface area is 179 Å². The van der Waals surface area contributed by atoms with E-state index in [-0.39, 0.29) is 16.9 Å². The zero-order valence-corrected chi connectivity index (χ0v) is 17.6. The number of nitrogens with one attached hydrogen (secondary N) is 3. The molecule has 0 atom stereocenters. The number of amides is 2. The van der Waals surface area contributed by atoms with Gasteiger partial charge in [0.15, 0.2) is 5.11 Å². The molecular weight excluding hydrogens is 417 g/mol. The Hall–Kier alpha value is -2.41. The van der Waals surface area contributed by atoms with Crippen LogP contribution < -0.4 is 16.0 Å². The monoisotopic (exact) mass is 435 g/mol. The Morgan fingerprint density at radius 3 is 2.36 bits per heavy atom. The van der Waals surface area contributed by atoms with Crippen LogP contribution in [0.4, 0.5) is 11.4 Å². The molecule has 2 rings (SSSR count). The van der Waals surface area contributed by atoms with Crippen molar-refractivity contribution in [3.63, 3.8) is 0 Å². The molecule has 146 valence electrons. The third-order valence-electron chi connectivity index (χ3n) is 3.53.